The molecule has 11 aromatic rings. The van der Waals surface area contributed by atoms with Crippen LogP contribution in [0.2, 0.25) is 0 Å². The fraction of sp³-hybridized carbons (Fsp3) is 0. The van der Waals surface area contributed by atoms with E-state index in [0.717, 1.165) is 28.2 Å². The summed E-state index contributed by atoms with van der Waals surface area (Å²) in [6.45, 7) is 0. The van der Waals surface area contributed by atoms with Gasteiger partial charge >= 0.3 is 0 Å². The van der Waals surface area contributed by atoms with Gasteiger partial charge in [0.2, 0.25) is 0 Å². The van der Waals surface area contributed by atoms with Gasteiger partial charge in [-0.3, -0.25) is 0 Å². The summed E-state index contributed by atoms with van der Waals surface area (Å²) in [6, 6.07) is 94.7. The van der Waals surface area contributed by atoms with Crippen LogP contribution in [-0.2, 0) is 0 Å². The first-order valence-electron chi connectivity index (χ1n) is 21.7. The summed E-state index contributed by atoms with van der Waals surface area (Å²) in [4.78, 5) is 2.42. The van der Waals surface area contributed by atoms with Gasteiger partial charge in [-0.05, 0) is 137 Å². The Balaban J connectivity index is 1.12. The van der Waals surface area contributed by atoms with E-state index in [1.54, 1.807) is 0 Å². The van der Waals surface area contributed by atoms with E-state index in [-0.39, 0.29) is 0 Å². The Hall–Kier alpha value is -8.26. The van der Waals surface area contributed by atoms with Crippen molar-refractivity contribution in [3.05, 3.63) is 261 Å². The highest BCUT2D eigenvalue weighted by Gasteiger charge is 2.20. The van der Waals surface area contributed by atoms with Crippen molar-refractivity contribution in [2.24, 2.45) is 0 Å². The number of fused-ring (bicyclic) bond motifs is 3. The Labute approximate surface area is 369 Å². The van der Waals surface area contributed by atoms with Gasteiger partial charge in [-0.15, -0.1) is 0 Å². The molecule has 0 spiro atoms. The molecule has 63 heavy (non-hydrogen) atoms. The summed E-state index contributed by atoms with van der Waals surface area (Å²) >= 11 is 0. The molecule has 0 N–H and O–H groups in total. The highest BCUT2D eigenvalue weighted by molar-refractivity contribution is 6.14. The van der Waals surface area contributed by atoms with Crippen LogP contribution >= 0.6 is 0 Å². The molecule has 0 atom stereocenters. The first kappa shape index (κ1) is 37.7. The standard InChI is InChI=1S/C62H43N/c1-5-18-44(19-6-1)46-32-36-53(37-33-46)63(54-38-34-49(35-39-54)62-57(47-22-9-3-10-23-47)30-17-31-58(62)48-24-11-4-12-25-48)55-41-51(45-20-7-2-8-21-45)40-52(42-55)61-43-50-26-13-14-27-56(50)59-28-15-16-29-60(59)61/h1-43H. The van der Waals surface area contributed by atoms with Gasteiger partial charge in [0.05, 0.1) is 0 Å². The number of nitrogens with zero attached hydrogens (tertiary/aromatic N) is 1. The van der Waals surface area contributed by atoms with Gasteiger partial charge < -0.3 is 4.90 Å². The molecule has 0 aromatic heterocycles. The fourth-order valence-electron chi connectivity index (χ4n) is 9.22. The Kier molecular flexibility index (Phi) is 9.97. The molecule has 0 radical (unpaired) electrons. The average Bonchev–Trinajstić information content (AvgIpc) is 3.37. The lowest BCUT2D eigenvalue weighted by atomic mass is 9.87. The Morgan fingerprint density at radius 1 is 0.206 bits per heavy atom. The lowest BCUT2D eigenvalue weighted by Crippen LogP contribution is -2.10. The summed E-state index contributed by atoms with van der Waals surface area (Å²) in [5.41, 5.74) is 17.5. The third-order valence-electron chi connectivity index (χ3n) is 12.2. The molecule has 11 aromatic carbocycles. The van der Waals surface area contributed by atoms with E-state index in [1.807, 2.05) is 0 Å². The predicted octanol–water partition coefficient (Wildman–Crippen LogP) is 17.5. The zero-order chi connectivity index (χ0) is 42.0. The molecule has 0 unspecified atom stereocenters. The largest absolute Gasteiger partial charge is 0.310 e. The van der Waals surface area contributed by atoms with Crippen molar-refractivity contribution in [1.82, 2.24) is 0 Å². The van der Waals surface area contributed by atoms with Gasteiger partial charge in [0, 0.05) is 17.1 Å². The van der Waals surface area contributed by atoms with Gasteiger partial charge in [0.15, 0.2) is 0 Å². The molecule has 0 heterocycles. The fourth-order valence-corrected chi connectivity index (χ4v) is 9.22. The highest BCUT2D eigenvalue weighted by atomic mass is 15.1. The summed E-state index contributed by atoms with van der Waals surface area (Å²) in [5.74, 6) is 0. The SMILES string of the molecule is c1ccc(-c2ccc(N(c3ccc(-c4c(-c5ccccc5)cccc4-c4ccccc4)cc3)c3cc(-c4ccccc4)cc(-c4cc5ccccc5c5ccccc45)c3)cc2)cc1. The summed E-state index contributed by atoms with van der Waals surface area (Å²) in [6.07, 6.45) is 0. The average molecular weight is 802 g/mol. The maximum absolute atomic E-state index is 2.42. The van der Waals surface area contributed by atoms with E-state index in [4.69, 9.17) is 0 Å². The van der Waals surface area contributed by atoms with E-state index in [0.29, 0.717) is 0 Å². The second-order valence-electron chi connectivity index (χ2n) is 16.1. The van der Waals surface area contributed by atoms with Crippen molar-refractivity contribution in [1.29, 1.82) is 0 Å². The Morgan fingerprint density at radius 3 is 1.21 bits per heavy atom. The van der Waals surface area contributed by atoms with E-state index in [9.17, 15) is 0 Å². The molecule has 0 saturated heterocycles. The molecule has 0 saturated carbocycles. The maximum Gasteiger partial charge on any atom is 0.0473 e. The van der Waals surface area contributed by atoms with Crippen LogP contribution in [0, 0.1) is 0 Å². The first-order valence-corrected chi connectivity index (χ1v) is 21.7. The van der Waals surface area contributed by atoms with Crippen LogP contribution in [0.4, 0.5) is 17.1 Å². The first-order chi connectivity index (χ1) is 31.2. The van der Waals surface area contributed by atoms with Gasteiger partial charge in [0.1, 0.15) is 0 Å². The van der Waals surface area contributed by atoms with Crippen molar-refractivity contribution in [3.8, 4) is 66.8 Å². The van der Waals surface area contributed by atoms with Crippen molar-refractivity contribution < 1.29 is 0 Å². The number of benzene rings is 11. The predicted molar refractivity (Wildman–Crippen MR) is 269 cm³/mol. The molecule has 1 nitrogen and oxygen atoms in total. The monoisotopic (exact) mass is 801 g/mol. The van der Waals surface area contributed by atoms with Crippen molar-refractivity contribution in [3.63, 3.8) is 0 Å². The maximum atomic E-state index is 2.42. The van der Waals surface area contributed by atoms with Crippen LogP contribution in [0.5, 0.6) is 0 Å². The summed E-state index contributed by atoms with van der Waals surface area (Å²) in [5, 5.41) is 4.99. The molecule has 0 bridgehead atoms. The van der Waals surface area contributed by atoms with Crippen LogP contribution < -0.4 is 4.90 Å². The lowest BCUT2D eigenvalue weighted by molar-refractivity contribution is 1.28. The minimum absolute atomic E-state index is 1.07. The van der Waals surface area contributed by atoms with Gasteiger partial charge in [-0.25, -0.2) is 0 Å². The molecule has 0 aliphatic heterocycles. The molecule has 0 fully saturated rings. The summed E-state index contributed by atoms with van der Waals surface area (Å²) < 4.78 is 0. The highest BCUT2D eigenvalue weighted by Crippen LogP contribution is 2.45. The molecule has 11 rings (SSSR count). The van der Waals surface area contributed by atoms with Gasteiger partial charge in [-0.2, -0.15) is 0 Å². The van der Waals surface area contributed by atoms with Crippen LogP contribution in [-0.4, -0.2) is 0 Å². The number of rotatable bonds is 9. The zero-order valence-corrected chi connectivity index (χ0v) is 34.8. The minimum Gasteiger partial charge on any atom is -0.310 e. The van der Waals surface area contributed by atoms with Gasteiger partial charge in [-0.1, -0.05) is 212 Å². The van der Waals surface area contributed by atoms with E-state index in [2.05, 4.69) is 266 Å². The van der Waals surface area contributed by atoms with E-state index in [1.165, 1.54) is 77.2 Å². The molecule has 0 amide bonds. The van der Waals surface area contributed by atoms with Crippen LogP contribution in [0.3, 0.4) is 0 Å². The van der Waals surface area contributed by atoms with Crippen LogP contribution in [0.1, 0.15) is 0 Å². The Morgan fingerprint density at radius 2 is 0.635 bits per heavy atom. The van der Waals surface area contributed by atoms with Crippen molar-refractivity contribution >= 4 is 38.6 Å². The lowest BCUT2D eigenvalue weighted by Gasteiger charge is -2.28. The van der Waals surface area contributed by atoms with Crippen LogP contribution in [0.25, 0.3) is 88.3 Å². The molecule has 0 aliphatic rings. The minimum atomic E-state index is 1.07. The van der Waals surface area contributed by atoms with Crippen LogP contribution in [0.15, 0.2) is 261 Å². The van der Waals surface area contributed by atoms with Crippen molar-refractivity contribution in [2.75, 3.05) is 4.90 Å². The number of anilines is 3. The second-order valence-corrected chi connectivity index (χ2v) is 16.1. The van der Waals surface area contributed by atoms with E-state index < -0.39 is 0 Å². The topological polar surface area (TPSA) is 3.24 Å². The summed E-state index contributed by atoms with van der Waals surface area (Å²) in [7, 11) is 0. The Bertz CT molecular complexity index is 3280. The molecule has 296 valence electrons. The van der Waals surface area contributed by atoms with Gasteiger partial charge in [0.25, 0.3) is 0 Å². The number of hydrogen-bond donors (Lipinski definition) is 0. The normalized spacial score (nSPS) is 11.2. The zero-order valence-electron chi connectivity index (χ0n) is 34.8. The van der Waals surface area contributed by atoms with E-state index >= 15 is 0 Å². The third kappa shape index (κ3) is 7.37. The molecular formula is C62H43N. The molecule has 0 aliphatic carbocycles. The molecular weight excluding hydrogens is 759 g/mol. The second kappa shape index (κ2) is 16.7. The third-order valence-corrected chi connectivity index (χ3v) is 12.2. The number of hydrogen-bond acceptors (Lipinski definition) is 1. The molecule has 1 heteroatoms. The quantitative estimate of drug-likeness (QED) is 0.131. The smallest absolute Gasteiger partial charge is 0.0473 e. The van der Waals surface area contributed by atoms with Crippen molar-refractivity contribution in [2.45, 2.75) is 0 Å².